The molecule has 4 nitrogen and oxygen atoms in total. The molecule has 1 aromatic carbocycles. The summed E-state index contributed by atoms with van der Waals surface area (Å²) in [4.78, 5) is 16.5. The Bertz CT molecular complexity index is 689. The van der Waals surface area contributed by atoms with E-state index in [4.69, 9.17) is 0 Å². The molecule has 0 bridgehead atoms. The molecule has 0 saturated carbocycles. The molecule has 0 aliphatic carbocycles. The molecule has 3 rings (SSSR count). The first kappa shape index (κ1) is 18.1. The predicted octanol–water partition coefficient (Wildman–Crippen LogP) is 0.889. The molecule has 2 aromatic rings. The van der Waals surface area contributed by atoms with Crippen molar-refractivity contribution in [2.24, 2.45) is 0 Å². The fraction of sp³-hybridized carbons (Fsp3) is 0.450. The van der Waals surface area contributed by atoms with Gasteiger partial charge in [0.1, 0.15) is 13.1 Å². The summed E-state index contributed by atoms with van der Waals surface area (Å²) in [6.07, 6.45) is 2.70. The van der Waals surface area contributed by atoms with E-state index in [9.17, 15) is 4.79 Å². The van der Waals surface area contributed by atoms with Crippen molar-refractivity contribution in [1.29, 1.82) is 0 Å². The lowest BCUT2D eigenvalue weighted by Crippen LogP contribution is -3.08. The first-order valence-corrected chi connectivity index (χ1v) is 10.0. The molecule has 1 aliphatic heterocycles. The third-order valence-corrected chi connectivity index (χ3v) is 5.92. The summed E-state index contributed by atoms with van der Waals surface area (Å²) in [5.74, 6) is 0.0737. The summed E-state index contributed by atoms with van der Waals surface area (Å²) in [5, 5.41) is 5.14. The van der Waals surface area contributed by atoms with Gasteiger partial charge < -0.3 is 15.1 Å². The number of carbonyl (C=O) groups excluding carboxylic acids is 1. The number of amides is 1. The molecule has 1 unspecified atom stereocenters. The van der Waals surface area contributed by atoms with Crippen molar-refractivity contribution < 1.29 is 14.6 Å². The number of aryl methyl sites for hydroxylation is 1. The number of nitrogens with one attached hydrogen (secondary N) is 3. The minimum Gasteiger partial charge on any atom is -0.331 e. The summed E-state index contributed by atoms with van der Waals surface area (Å²) in [7, 11) is 2.07. The molecule has 1 amide bonds. The molecule has 1 aromatic heterocycles. The van der Waals surface area contributed by atoms with Crippen molar-refractivity contribution in [2.75, 3.05) is 32.0 Å². The van der Waals surface area contributed by atoms with E-state index in [0.29, 0.717) is 6.54 Å². The maximum Gasteiger partial charge on any atom is 0.279 e. The van der Waals surface area contributed by atoms with Crippen molar-refractivity contribution in [2.45, 2.75) is 32.9 Å². The standard InChI is InChI=1S/C20H27N3OS/c1-16-9-12-25-19(16)14-22(2)15-20(24)21-18-7-5-17(6-8-18)13-23-10-3-4-11-23/h5-9,12H,3-4,10-11,13-15H2,1-2H3,(H,21,24)/p+2. The molecule has 3 N–H and O–H groups in total. The van der Waals surface area contributed by atoms with Gasteiger partial charge in [0.15, 0.2) is 6.54 Å². The number of carbonyl (C=O) groups is 1. The van der Waals surface area contributed by atoms with Crippen LogP contribution in [0.1, 0.15) is 28.8 Å². The Labute approximate surface area is 154 Å². The van der Waals surface area contributed by atoms with Gasteiger partial charge in [-0.3, -0.25) is 4.79 Å². The van der Waals surface area contributed by atoms with E-state index in [0.717, 1.165) is 18.8 Å². The maximum absolute atomic E-state index is 12.3. The number of anilines is 1. The highest BCUT2D eigenvalue weighted by Crippen LogP contribution is 2.13. The zero-order valence-electron chi connectivity index (χ0n) is 15.2. The number of likely N-dealkylation sites (tertiary alicyclic amines) is 1. The second-order valence-corrected chi connectivity index (χ2v) is 8.22. The van der Waals surface area contributed by atoms with Crippen molar-refractivity contribution in [3.63, 3.8) is 0 Å². The third kappa shape index (κ3) is 5.39. The van der Waals surface area contributed by atoms with E-state index in [2.05, 4.69) is 42.9 Å². The SMILES string of the molecule is Cc1ccsc1C[NH+](C)CC(=O)Nc1ccc(C[NH+]2CCCC2)cc1. The van der Waals surface area contributed by atoms with Gasteiger partial charge in [-0.25, -0.2) is 0 Å². The molecule has 1 saturated heterocycles. The largest absolute Gasteiger partial charge is 0.331 e. The molecule has 1 aliphatic rings. The van der Waals surface area contributed by atoms with E-state index < -0.39 is 0 Å². The summed E-state index contributed by atoms with van der Waals surface area (Å²) in [6, 6.07) is 10.5. The van der Waals surface area contributed by atoms with Gasteiger partial charge in [0.2, 0.25) is 0 Å². The molecule has 25 heavy (non-hydrogen) atoms. The van der Waals surface area contributed by atoms with Gasteiger partial charge in [-0.2, -0.15) is 0 Å². The van der Waals surface area contributed by atoms with Crippen LogP contribution >= 0.6 is 11.3 Å². The molecule has 1 atom stereocenters. The fourth-order valence-electron chi connectivity index (χ4n) is 3.45. The lowest BCUT2D eigenvalue weighted by molar-refractivity contribution is -0.901. The van der Waals surface area contributed by atoms with E-state index in [1.807, 2.05) is 12.1 Å². The van der Waals surface area contributed by atoms with Crippen LogP contribution in [-0.4, -0.2) is 32.6 Å². The number of quaternary nitrogens is 2. The molecule has 2 heterocycles. The fourth-order valence-corrected chi connectivity index (χ4v) is 4.47. The molecular weight excluding hydrogens is 330 g/mol. The van der Waals surface area contributed by atoms with E-state index in [-0.39, 0.29) is 5.91 Å². The van der Waals surface area contributed by atoms with Crippen LogP contribution in [0, 0.1) is 6.92 Å². The number of hydrogen-bond donors (Lipinski definition) is 3. The van der Waals surface area contributed by atoms with Crippen LogP contribution in [0.4, 0.5) is 5.69 Å². The highest BCUT2D eigenvalue weighted by molar-refractivity contribution is 7.10. The Hall–Kier alpha value is -1.69. The Kier molecular flexibility index (Phi) is 6.24. The van der Waals surface area contributed by atoms with Crippen LogP contribution in [0.25, 0.3) is 0 Å². The van der Waals surface area contributed by atoms with Gasteiger partial charge in [0, 0.05) is 24.1 Å². The van der Waals surface area contributed by atoms with E-state index in [1.165, 1.54) is 46.8 Å². The summed E-state index contributed by atoms with van der Waals surface area (Å²) >= 11 is 1.77. The normalized spacial score (nSPS) is 16.1. The highest BCUT2D eigenvalue weighted by Gasteiger charge is 2.16. The minimum atomic E-state index is 0.0737. The van der Waals surface area contributed by atoms with E-state index in [1.54, 1.807) is 16.2 Å². The zero-order chi connectivity index (χ0) is 17.6. The first-order chi connectivity index (χ1) is 12.1. The average molecular weight is 360 g/mol. The number of rotatable bonds is 7. The maximum atomic E-state index is 12.3. The van der Waals surface area contributed by atoms with Crippen molar-refractivity contribution in [3.05, 3.63) is 51.7 Å². The van der Waals surface area contributed by atoms with Crippen LogP contribution < -0.4 is 15.1 Å². The first-order valence-electron chi connectivity index (χ1n) is 9.17. The van der Waals surface area contributed by atoms with Crippen LogP contribution in [-0.2, 0) is 17.9 Å². The Balaban J connectivity index is 1.46. The van der Waals surface area contributed by atoms with Gasteiger partial charge in [-0.15, -0.1) is 11.3 Å². The predicted molar refractivity (Wildman–Crippen MR) is 103 cm³/mol. The van der Waals surface area contributed by atoms with Crippen molar-refractivity contribution in [3.8, 4) is 0 Å². The molecule has 0 radical (unpaired) electrons. The Morgan fingerprint density at radius 2 is 1.92 bits per heavy atom. The second kappa shape index (κ2) is 8.61. The third-order valence-electron chi connectivity index (χ3n) is 4.90. The van der Waals surface area contributed by atoms with Crippen molar-refractivity contribution in [1.82, 2.24) is 0 Å². The molecule has 1 fully saturated rings. The van der Waals surface area contributed by atoms with Gasteiger partial charge >= 0.3 is 0 Å². The number of likely N-dealkylation sites (N-methyl/N-ethyl adjacent to an activating group) is 1. The quantitative estimate of drug-likeness (QED) is 0.675. The second-order valence-electron chi connectivity index (χ2n) is 7.22. The van der Waals surface area contributed by atoms with Crippen LogP contribution in [0.15, 0.2) is 35.7 Å². The van der Waals surface area contributed by atoms with Gasteiger partial charge in [0.25, 0.3) is 5.91 Å². The summed E-state index contributed by atoms with van der Waals surface area (Å²) < 4.78 is 0. The smallest absolute Gasteiger partial charge is 0.279 e. The highest BCUT2D eigenvalue weighted by atomic mass is 32.1. The summed E-state index contributed by atoms with van der Waals surface area (Å²) in [5.41, 5.74) is 3.57. The van der Waals surface area contributed by atoms with Gasteiger partial charge in [0.05, 0.1) is 25.0 Å². The van der Waals surface area contributed by atoms with Gasteiger partial charge in [-0.05, 0) is 36.1 Å². The topological polar surface area (TPSA) is 38.0 Å². The Morgan fingerprint density at radius 1 is 1.20 bits per heavy atom. The average Bonchev–Trinajstić information content (AvgIpc) is 3.22. The zero-order valence-corrected chi connectivity index (χ0v) is 16.0. The van der Waals surface area contributed by atoms with E-state index >= 15 is 0 Å². The van der Waals surface area contributed by atoms with Crippen molar-refractivity contribution >= 4 is 22.9 Å². The van der Waals surface area contributed by atoms with Gasteiger partial charge in [-0.1, -0.05) is 12.1 Å². The molecule has 134 valence electrons. The number of benzene rings is 1. The lowest BCUT2D eigenvalue weighted by Gasteiger charge is -2.14. The number of thiophene rings is 1. The summed E-state index contributed by atoms with van der Waals surface area (Å²) in [6.45, 7) is 7.19. The Morgan fingerprint density at radius 3 is 2.56 bits per heavy atom. The molecule has 0 spiro atoms. The molecular formula is C20H29N3OS+2. The molecule has 5 heteroatoms. The van der Waals surface area contributed by atoms with Crippen LogP contribution in [0.5, 0.6) is 0 Å². The minimum absolute atomic E-state index is 0.0737. The number of hydrogen-bond acceptors (Lipinski definition) is 2. The monoisotopic (exact) mass is 359 g/mol. The van der Waals surface area contributed by atoms with Crippen LogP contribution in [0.2, 0.25) is 0 Å². The lowest BCUT2D eigenvalue weighted by atomic mass is 10.2. The van der Waals surface area contributed by atoms with Crippen LogP contribution in [0.3, 0.4) is 0 Å².